The first kappa shape index (κ1) is 14.1. The van der Waals surface area contributed by atoms with E-state index >= 15 is 0 Å². The number of rotatable bonds is 4. The Labute approximate surface area is 117 Å². The molecule has 1 heterocycles. The van der Waals surface area contributed by atoms with Gasteiger partial charge in [0.05, 0.1) is 0 Å². The smallest absolute Gasteiger partial charge is 0.261 e. The van der Waals surface area contributed by atoms with Crippen LogP contribution >= 0.6 is 0 Å². The van der Waals surface area contributed by atoms with Crippen molar-refractivity contribution in [3.05, 3.63) is 63.6 Å². The molecule has 0 saturated heterocycles. The molecule has 20 heavy (non-hydrogen) atoms. The standard InChI is InChI=1S/C16H18N2O2/c1-3-11-7-5-8-12(4-2)14(11)18-16(20)13-9-6-10-17-15(13)19/h5-10H,3-4H2,1-2H3,(H,17,19)(H,18,20). The Morgan fingerprint density at radius 3 is 2.30 bits per heavy atom. The minimum atomic E-state index is -0.378. The number of aromatic nitrogens is 1. The van der Waals surface area contributed by atoms with Gasteiger partial charge in [-0.2, -0.15) is 0 Å². The molecule has 0 fully saturated rings. The number of pyridine rings is 1. The second kappa shape index (κ2) is 6.19. The van der Waals surface area contributed by atoms with E-state index in [0.29, 0.717) is 0 Å². The second-order valence-corrected chi connectivity index (χ2v) is 4.53. The Balaban J connectivity index is 2.37. The predicted octanol–water partition coefficient (Wildman–Crippen LogP) is 2.75. The van der Waals surface area contributed by atoms with Crippen LogP contribution in [0.15, 0.2) is 41.3 Å². The van der Waals surface area contributed by atoms with E-state index in [1.54, 1.807) is 6.07 Å². The highest BCUT2D eigenvalue weighted by molar-refractivity contribution is 6.04. The SMILES string of the molecule is CCc1cccc(CC)c1NC(=O)c1ccc[nH]c1=O. The van der Waals surface area contributed by atoms with E-state index in [2.05, 4.69) is 10.3 Å². The maximum absolute atomic E-state index is 12.2. The number of aromatic amines is 1. The number of hydrogen-bond acceptors (Lipinski definition) is 2. The zero-order valence-corrected chi connectivity index (χ0v) is 11.7. The molecule has 0 aliphatic rings. The molecular weight excluding hydrogens is 252 g/mol. The lowest BCUT2D eigenvalue weighted by atomic mass is 10.0. The Kier molecular flexibility index (Phi) is 4.35. The average Bonchev–Trinajstić information content (AvgIpc) is 2.47. The van der Waals surface area contributed by atoms with Crippen LogP contribution in [0, 0.1) is 0 Å². The van der Waals surface area contributed by atoms with Gasteiger partial charge < -0.3 is 10.3 Å². The van der Waals surface area contributed by atoms with Crippen molar-refractivity contribution < 1.29 is 4.79 Å². The highest BCUT2D eigenvalue weighted by atomic mass is 16.2. The number of benzene rings is 1. The molecule has 4 nitrogen and oxygen atoms in total. The van der Waals surface area contributed by atoms with Gasteiger partial charge in [0.15, 0.2) is 0 Å². The number of aryl methyl sites for hydroxylation is 2. The number of anilines is 1. The third-order valence-electron chi connectivity index (χ3n) is 3.30. The molecule has 1 amide bonds. The number of carbonyl (C=O) groups excluding carboxylic acids is 1. The number of hydrogen-bond donors (Lipinski definition) is 2. The lowest BCUT2D eigenvalue weighted by Gasteiger charge is -2.14. The molecule has 2 aromatic rings. The van der Waals surface area contributed by atoms with Gasteiger partial charge in [-0.25, -0.2) is 0 Å². The molecule has 0 bridgehead atoms. The van der Waals surface area contributed by atoms with Crippen LogP contribution in [0.3, 0.4) is 0 Å². The van der Waals surface area contributed by atoms with Crippen LogP contribution in [0.5, 0.6) is 0 Å². The Bertz CT molecular complexity index is 652. The van der Waals surface area contributed by atoms with Gasteiger partial charge in [0, 0.05) is 11.9 Å². The Morgan fingerprint density at radius 2 is 1.75 bits per heavy atom. The second-order valence-electron chi connectivity index (χ2n) is 4.53. The molecule has 2 N–H and O–H groups in total. The third-order valence-corrected chi connectivity index (χ3v) is 3.30. The summed E-state index contributed by atoms with van der Waals surface area (Å²) in [4.78, 5) is 26.4. The minimum absolute atomic E-state index is 0.125. The van der Waals surface area contributed by atoms with Crippen molar-refractivity contribution in [2.75, 3.05) is 5.32 Å². The maximum Gasteiger partial charge on any atom is 0.261 e. The summed E-state index contributed by atoms with van der Waals surface area (Å²) in [6.07, 6.45) is 3.17. The Morgan fingerprint density at radius 1 is 1.10 bits per heavy atom. The summed E-state index contributed by atoms with van der Waals surface area (Å²) in [5.74, 6) is -0.373. The number of H-pyrrole nitrogens is 1. The molecule has 1 aromatic carbocycles. The average molecular weight is 270 g/mol. The van der Waals surface area contributed by atoms with Crippen molar-refractivity contribution in [2.24, 2.45) is 0 Å². The first-order valence-electron chi connectivity index (χ1n) is 6.77. The van der Waals surface area contributed by atoms with E-state index in [-0.39, 0.29) is 17.0 Å². The molecule has 1 aromatic heterocycles. The number of amides is 1. The number of carbonyl (C=O) groups is 1. The Hall–Kier alpha value is -2.36. The van der Waals surface area contributed by atoms with E-state index in [9.17, 15) is 9.59 Å². The third kappa shape index (κ3) is 2.79. The van der Waals surface area contributed by atoms with Crippen molar-refractivity contribution in [1.82, 2.24) is 4.98 Å². The van der Waals surface area contributed by atoms with Crippen LogP contribution in [-0.2, 0) is 12.8 Å². The molecule has 0 spiro atoms. The van der Waals surface area contributed by atoms with Crippen molar-refractivity contribution in [1.29, 1.82) is 0 Å². The molecule has 0 unspecified atom stereocenters. The van der Waals surface area contributed by atoms with Crippen LogP contribution in [0.4, 0.5) is 5.69 Å². The van der Waals surface area contributed by atoms with Crippen LogP contribution < -0.4 is 10.9 Å². The summed E-state index contributed by atoms with van der Waals surface area (Å²) in [6, 6.07) is 9.13. The lowest BCUT2D eigenvalue weighted by molar-refractivity contribution is 0.102. The van der Waals surface area contributed by atoms with Gasteiger partial charge >= 0.3 is 0 Å². The quantitative estimate of drug-likeness (QED) is 0.897. The monoisotopic (exact) mass is 270 g/mol. The fourth-order valence-corrected chi connectivity index (χ4v) is 2.18. The zero-order chi connectivity index (χ0) is 14.5. The molecule has 0 radical (unpaired) electrons. The van der Waals surface area contributed by atoms with Crippen molar-refractivity contribution in [2.45, 2.75) is 26.7 Å². The summed E-state index contributed by atoms with van der Waals surface area (Å²) in [5.41, 5.74) is 2.72. The summed E-state index contributed by atoms with van der Waals surface area (Å²) in [5, 5.41) is 2.88. The van der Waals surface area contributed by atoms with E-state index in [0.717, 1.165) is 29.7 Å². The van der Waals surface area contributed by atoms with Gasteiger partial charge in [0.1, 0.15) is 5.56 Å². The van der Waals surface area contributed by atoms with Gasteiger partial charge in [-0.3, -0.25) is 9.59 Å². The topological polar surface area (TPSA) is 62.0 Å². The molecule has 0 aliphatic carbocycles. The first-order valence-corrected chi connectivity index (χ1v) is 6.77. The first-order chi connectivity index (χ1) is 9.67. The predicted molar refractivity (Wildman–Crippen MR) is 80.2 cm³/mol. The summed E-state index contributed by atoms with van der Waals surface area (Å²) in [7, 11) is 0. The summed E-state index contributed by atoms with van der Waals surface area (Å²) >= 11 is 0. The molecule has 0 aliphatic heterocycles. The molecule has 4 heteroatoms. The van der Waals surface area contributed by atoms with Crippen molar-refractivity contribution in [3.8, 4) is 0 Å². The van der Waals surface area contributed by atoms with E-state index in [1.807, 2.05) is 32.0 Å². The zero-order valence-electron chi connectivity index (χ0n) is 11.7. The summed E-state index contributed by atoms with van der Waals surface area (Å²) < 4.78 is 0. The van der Waals surface area contributed by atoms with Crippen molar-refractivity contribution >= 4 is 11.6 Å². The number of nitrogens with one attached hydrogen (secondary N) is 2. The molecule has 104 valence electrons. The fourth-order valence-electron chi connectivity index (χ4n) is 2.18. The highest BCUT2D eigenvalue weighted by Crippen LogP contribution is 2.22. The van der Waals surface area contributed by atoms with Crippen molar-refractivity contribution in [3.63, 3.8) is 0 Å². The van der Waals surface area contributed by atoms with E-state index < -0.39 is 0 Å². The summed E-state index contributed by atoms with van der Waals surface area (Å²) in [6.45, 7) is 4.08. The van der Waals surface area contributed by atoms with Gasteiger partial charge in [0.2, 0.25) is 0 Å². The maximum atomic E-state index is 12.2. The lowest BCUT2D eigenvalue weighted by Crippen LogP contribution is -2.23. The normalized spacial score (nSPS) is 10.3. The number of para-hydroxylation sites is 1. The highest BCUT2D eigenvalue weighted by Gasteiger charge is 2.13. The molecule has 0 atom stereocenters. The van der Waals surface area contributed by atoms with Crippen LogP contribution in [-0.4, -0.2) is 10.9 Å². The van der Waals surface area contributed by atoms with Gasteiger partial charge in [0.25, 0.3) is 11.5 Å². The molecular formula is C16H18N2O2. The van der Waals surface area contributed by atoms with Gasteiger partial charge in [-0.05, 0) is 36.1 Å². The fraction of sp³-hybridized carbons (Fsp3) is 0.250. The van der Waals surface area contributed by atoms with Crippen LogP contribution in [0.2, 0.25) is 0 Å². The van der Waals surface area contributed by atoms with Gasteiger partial charge in [-0.1, -0.05) is 32.0 Å². The molecule has 0 saturated carbocycles. The van der Waals surface area contributed by atoms with Crippen LogP contribution in [0.1, 0.15) is 35.3 Å². The van der Waals surface area contributed by atoms with Crippen LogP contribution in [0.25, 0.3) is 0 Å². The minimum Gasteiger partial charge on any atom is -0.328 e. The molecule has 2 rings (SSSR count). The van der Waals surface area contributed by atoms with E-state index in [1.165, 1.54) is 12.3 Å². The largest absolute Gasteiger partial charge is 0.328 e. The van der Waals surface area contributed by atoms with E-state index in [4.69, 9.17) is 0 Å². The van der Waals surface area contributed by atoms with Gasteiger partial charge in [-0.15, -0.1) is 0 Å².